The van der Waals surface area contributed by atoms with Gasteiger partial charge in [-0.05, 0) is 43.0 Å². The Balaban J connectivity index is 2.83. The summed E-state index contributed by atoms with van der Waals surface area (Å²) < 4.78 is 0. The molecule has 0 aliphatic heterocycles. The van der Waals surface area contributed by atoms with E-state index >= 15 is 0 Å². The first-order valence-electron chi connectivity index (χ1n) is 5.84. The zero-order valence-electron chi connectivity index (χ0n) is 10.4. The Labute approximate surface area is 93.9 Å². The van der Waals surface area contributed by atoms with E-state index < -0.39 is 0 Å². The third-order valence-corrected chi connectivity index (χ3v) is 3.12. The molecule has 0 saturated carbocycles. The van der Waals surface area contributed by atoms with E-state index in [1.807, 2.05) is 7.05 Å². The molecule has 1 heteroatoms. The van der Waals surface area contributed by atoms with Crippen molar-refractivity contribution in [3.63, 3.8) is 0 Å². The van der Waals surface area contributed by atoms with Crippen LogP contribution in [0.1, 0.15) is 38.3 Å². The average molecular weight is 205 g/mol. The van der Waals surface area contributed by atoms with Crippen molar-refractivity contribution >= 4 is 0 Å². The lowest BCUT2D eigenvalue weighted by atomic mass is 9.81. The number of nitrogens with one attached hydrogen (secondary N) is 1. The second kappa shape index (κ2) is 5.32. The molecule has 1 aromatic carbocycles. The van der Waals surface area contributed by atoms with Crippen molar-refractivity contribution in [1.82, 2.24) is 5.32 Å². The normalized spacial score (nSPS) is 11.7. The molecule has 0 unspecified atom stereocenters. The predicted molar refractivity (Wildman–Crippen MR) is 67.4 cm³/mol. The van der Waals surface area contributed by atoms with E-state index in [-0.39, 0.29) is 5.41 Å². The Kier molecular flexibility index (Phi) is 4.34. The lowest BCUT2D eigenvalue weighted by molar-refractivity contribution is 0.468. The van der Waals surface area contributed by atoms with Crippen molar-refractivity contribution in [2.24, 2.45) is 0 Å². The molecule has 1 rings (SSSR count). The van der Waals surface area contributed by atoms with E-state index in [9.17, 15) is 0 Å². The Hall–Kier alpha value is -0.820. The smallest absolute Gasteiger partial charge is 0.00436 e. The topological polar surface area (TPSA) is 12.0 Å². The van der Waals surface area contributed by atoms with Gasteiger partial charge in [-0.3, -0.25) is 0 Å². The number of aryl methyl sites for hydroxylation is 1. The second-order valence-corrected chi connectivity index (χ2v) is 4.79. The van der Waals surface area contributed by atoms with Gasteiger partial charge in [0.25, 0.3) is 0 Å². The highest BCUT2D eigenvalue weighted by Gasteiger charge is 2.19. The molecule has 1 aromatic rings. The fourth-order valence-electron chi connectivity index (χ4n) is 1.79. The van der Waals surface area contributed by atoms with Crippen LogP contribution in [0, 0.1) is 0 Å². The molecule has 1 N–H and O–H groups in total. The van der Waals surface area contributed by atoms with Gasteiger partial charge in [0, 0.05) is 0 Å². The van der Waals surface area contributed by atoms with Crippen molar-refractivity contribution in [3.05, 3.63) is 35.4 Å². The highest BCUT2D eigenvalue weighted by molar-refractivity contribution is 5.29. The fourth-order valence-corrected chi connectivity index (χ4v) is 1.79. The van der Waals surface area contributed by atoms with Gasteiger partial charge in [-0.1, -0.05) is 45.0 Å². The lowest BCUT2D eigenvalue weighted by Crippen LogP contribution is -2.23. The first-order chi connectivity index (χ1) is 7.10. The molecule has 0 atom stereocenters. The summed E-state index contributed by atoms with van der Waals surface area (Å²) in [6.07, 6.45) is 2.30. The molecule has 15 heavy (non-hydrogen) atoms. The predicted octanol–water partition coefficient (Wildman–Crippen LogP) is 3.14. The van der Waals surface area contributed by atoms with Crippen LogP contribution in [0.25, 0.3) is 0 Å². The van der Waals surface area contributed by atoms with Crippen molar-refractivity contribution in [2.45, 2.75) is 39.0 Å². The van der Waals surface area contributed by atoms with Gasteiger partial charge < -0.3 is 5.32 Å². The number of hydrogen-bond acceptors (Lipinski definition) is 1. The van der Waals surface area contributed by atoms with Gasteiger partial charge in [0.2, 0.25) is 0 Å². The second-order valence-electron chi connectivity index (χ2n) is 4.79. The molecule has 0 fully saturated rings. The largest absolute Gasteiger partial charge is 0.320 e. The minimum atomic E-state index is 0.272. The highest BCUT2D eigenvalue weighted by Crippen LogP contribution is 2.27. The zero-order valence-corrected chi connectivity index (χ0v) is 10.4. The van der Waals surface area contributed by atoms with Gasteiger partial charge in [0.15, 0.2) is 0 Å². The van der Waals surface area contributed by atoms with Crippen molar-refractivity contribution in [2.75, 3.05) is 13.6 Å². The van der Waals surface area contributed by atoms with E-state index in [0.29, 0.717) is 0 Å². The molecular weight excluding hydrogens is 182 g/mol. The zero-order chi connectivity index (χ0) is 11.3. The molecule has 1 nitrogen and oxygen atoms in total. The van der Waals surface area contributed by atoms with Crippen LogP contribution in [0.5, 0.6) is 0 Å². The molecule has 0 heterocycles. The third-order valence-electron chi connectivity index (χ3n) is 3.12. The van der Waals surface area contributed by atoms with E-state index in [0.717, 1.165) is 13.0 Å². The van der Waals surface area contributed by atoms with Gasteiger partial charge >= 0.3 is 0 Å². The fraction of sp³-hybridized carbons (Fsp3) is 0.571. The van der Waals surface area contributed by atoms with Crippen LogP contribution >= 0.6 is 0 Å². The van der Waals surface area contributed by atoms with Gasteiger partial charge in [-0.2, -0.15) is 0 Å². The Morgan fingerprint density at radius 2 is 2.00 bits per heavy atom. The monoisotopic (exact) mass is 205 g/mol. The van der Waals surface area contributed by atoms with Crippen molar-refractivity contribution < 1.29 is 0 Å². The summed E-state index contributed by atoms with van der Waals surface area (Å²) in [4.78, 5) is 0. The highest BCUT2D eigenvalue weighted by atomic mass is 14.8. The van der Waals surface area contributed by atoms with Crippen LogP contribution in [0.2, 0.25) is 0 Å². The van der Waals surface area contributed by atoms with Gasteiger partial charge in [0.1, 0.15) is 0 Å². The molecule has 0 amide bonds. The van der Waals surface area contributed by atoms with Crippen LogP contribution in [-0.4, -0.2) is 13.6 Å². The first kappa shape index (κ1) is 12.3. The minimum Gasteiger partial charge on any atom is -0.320 e. The summed E-state index contributed by atoms with van der Waals surface area (Å²) in [5, 5.41) is 3.22. The molecule has 0 aromatic heterocycles. The third kappa shape index (κ3) is 3.35. The number of hydrogen-bond donors (Lipinski definition) is 1. The maximum absolute atomic E-state index is 3.22. The van der Waals surface area contributed by atoms with E-state index in [1.54, 1.807) is 0 Å². The summed E-state index contributed by atoms with van der Waals surface area (Å²) >= 11 is 0. The molecule has 0 radical (unpaired) electrons. The average Bonchev–Trinajstić information content (AvgIpc) is 2.26. The molecule has 84 valence electrons. The van der Waals surface area contributed by atoms with Crippen LogP contribution in [0.3, 0.4) is 0 Å². The van der Waals surface area contributed by atoms with E-state index in [2.05, 4.69) is 50.4 Å². The maximum atomic E-state index is 3.22. The quantitative estimate of drug-likeness (QED) is 0.778. The molecular formula is C14H23N. The molecule has 0 bridgehead atoms. The molecule has 0 saturated heterocycles. The Bertz CT molecular complexity index is 302. The summed E-state index contributed by atoms with van der Waals surface area (Å²) in [5.74, 6) is 0. The summed E-state index contributed by atoms with van der Waals surface area (Å²) in [5.41, 5.74) is 3.16. The van der Waals surface area contributed by atoms with E-state index in [1.165, 1.54) is 17.5 Å². The van der Waals surface area contributed by atoms with Crippen molar-refractivity contribution in [1.29, 1.82) is 0 Å². The number of rotatable bonds is 5. The van der Waals surface area contributed by atoms with Gasteiger partial charge in [0.05, 0.1) is 0 Å². The molecule has 0 spiro atoms. The minimum absolute atomic E-state index is 0.272. The lowest BCUT2D eigenvalue weighted by Gasteiger charge is -2.25. The van der Waals surface area contributed by atoms with Crippen LogP contribution < -0.4 is 5.32 Å². The number of benzene rings is 1. The maximum Gasteiger partial charge on any atom is -0.00436 e. The van der Waals surface area contributed by atoms with E-state index in [4.69, 9.17) is 0 Å². The van der Waals surface area contributed by atoms with Crippen LogP contribution in [0.4, 0.5) is 0 Å². The van der Waals surface area contributed by atoms with Gasteiger partial charge in [-0.25, -0.2) is 0 Å². The summed E-state index contributed by atoms with van der Waals surface area (Å²) in [7, 11) is 2.01. The van der Waals surface area contributed by atoms with Crippen LogP contribution in [0.15, 0.2) is 24.3 Å². The molecule has 0 aliphatic carbocycles. The summed E-state index contributed by atoms with van der Waals surface area (Å²) in [6.45, 7) is 7.92. The Morgan fingerprint density at radius 3 is 2.60 bits per heavy atom. The SMILES string of the molecule is CCc1cccc(C(C)(C)CCNC)c1. The standard InChI is InChI=1S/C14H23N/c1-5-12-7-6-8-13(11-12)14(2,3)9-10-15-4/h6-8,11,15H,5,9-10H2,1-4H3. The van der Waals surface area contributed by atoms with Crippen LogP contribution in [-0.2, 0) is 11.8 Å². The van der Waals surface area contributed by atoms with Gasteiger partial charge in [-0.15, -0.1) is 0 Å². The molecule has 0 aliphatic rings. The summed E-state index contributed by atoms with van der Waals surface area (Å²) in [6, 6.07) is 8.97. The first-order valence-corrected chi connectivity index (χ1v) is 5.84. The van der Waals surface area contributed by atoms with Crippen molar-refractivity contribution in [3.8, 4) is 0 Å². The Morgan fingerprint density at radius 1 is 1.27 bits per heavy atom.